The lowest BCUT2D eigenvalue weighted by Crippen LogP contribution is -2.19. The van der Waals surface area contributed by atoms with Gasteiger partial charge in [0, 0.05) is 18.8 Å². The average molecular weight is 121 g/mol. The Bertz CT molecular complexity index is 210. The van der Waals surface area contributed by atoms with Gasteiger partial charge in [-0.05, 0) is 6.42 Å². The first-order chi connectivity index (χ1) is 4.47. The lowest BCUT2D eigenvalue weighted by molar-refractivity contribution is 0.603. The van der Waals surface area contributed by atoms with Gasteiger partial charge in [0.1, 0.15) is 5.84 Å². The van der Waals surface area contributed by atoms with Crippen molar-refractivity contribution in [1.82, 2.24) is 4.90 Å². The highest BCUT2D eigenvalue weighted by atomic mass is 15.3. The van der Waals surface area contributed by atoms with Crippen molar-refractivity contribution in [2.75, 3.05) is 6.54 Å². The van der Waals surface area contributed by atoms with Gasteiger partial charge in [-0.25, -0.2) is 0 Å². The predicted octanol–water partition coefficient (Wildman–Crippen LogP) is 0.593. The third-order valence-corrected chi connectivity index (χ3v) is 1.57. The van der Waals surface area contributed by atoms with Crippen molar-refractivity contribution in [3.05, 3.63) is 6.20 Å². The van der Waals surface area contributed by atoms with E-state index in [4.69, 9.17) is 0 Å². The number of amidine groups is 1. The molecule has 2 aliphatic rings. The zero-order chi connectivity index (χ0) is 6.10. The maximum atomic E-state index is 3.92. The minimum atomic E-state index is 1.07. The summed E-state index contributed by atoms with van der Waals surface area (Å²) in [4.78, 5) is 2.09. The molecule has 0 spiro atoms. The van der Waals surface area contributed by atoms with E-state index in [1.54, 1.807) is 0 Å². The van der Waals surface area contributed by atoms with E-state index in [0.29, 0.717) is 0 Å². The van der Waals surface area contributed by atoms with Crippen LogP contribution in [0.25, 0.3) is 0 Å². The summed E-state index contributed by atoms with van der Waals surface area (Å²) in [6, 6.07) is 0. The summed E-state index contributed by atoms with van der Waals surface area (Å²) >= 11 is 0. The summed E-state index contributed by atoms with van der Waals surface area (Å²) in [5.74, 6) is 3.79. The average Bonchev–Trinajstić information content (AvgIpc) is 2.33. The van der Waals surface area contributed by atoms with Crippen LogP contribution in [0.1, 0.15) is 12.8 Å². The van der Waals surface area contributed by atoms with Crippen LogP contribution in [0.4, 0.5) is 0 Å². The van der Waals surface area contributed by atoms with Gasteiger partial charge in [0.05, 0.1) is 6.20 Å². The molecule has 0 N–H and O–H groups in total. The van der Waals surface area contributed by atoms with Crippen LogP contribution in [-0.2, 0) is 0 Å². The molecule has 0 amide bonds. The van der Waals surface area contributed by atoms with Crippen molar-refractivity contribution in [1.29, 1.82) is 0 Å². The maximum Gasteiger partial charge on any atom is 0.132 e. The fourth-order valence-corrected chi connectivity index (χ4v) is 1.11. The summed E-state index contributed by atoms with van der Waals surface area (Å²) < 4.78 is 0. The molecule has 0 saturated carbocycles. The van der Waals surface area contributed by atoms with Crippen LogP contribution in [0.15, 0.2) is 16.4 Å². The van der Waals surface area contributed by atoms with E-state index >= 15 is 0 Å². The molecule has 0 unspecified atom stereocenters. The van der Waals surface area contributed by atoms with Crippen LogP contribution in [0.2, 0.25) is 0 Å². The number of hydrogen-bond donors (Lipinski definition) is 0. The molecular formula is C6H7N3. The molecule has 2 heterocycles. The number of nitrogens with zero attached hydrogens (tertiary/aromatic N) is 3. The van der Waals surface area contributed by atoms with Crippen LogP contribution >= 0.6 is 0 Å². The summed E-state index contributed by atoms with van der Waals surface area (Å²) in [6.07, 6.45) is 4.13. The monoisotopic (exact) mass is 121 g/mol. The number of hydrogen-bond acceptors (Lipinski definition) is 3. The Labute approximate surface area is 53.4 Å². The molecule has 3 heteroatoms. The Morgan fingerprint density at radius 3 is 3.56 bits per heavy atom. The summed E-state index contributed by atoms with van der Waals surface area (Å²) in [7, 11) is 0. The molecule has 9 heavy (non-hydrogen) atoms. The molecule has 3 nitrogen and oxygen atoms in total. The molecule has 46 valence electrons. The SMILES string of the molecule is C1=CN2CCCC2=NN=1. The van der Waals surface area contributed by atoms with Gasteiger partial charge >= 0.3 is 0 Å². The fraction of sp³-hybridized carbons (Fsp3) is 0.500. The van der Waals surface area contributed by atoms with Crippen LogP contribution in [0.5, 0.6) is 0 Å². The molecule has 0 aromatic rings. The molecule has 2 aliphatic heterocycles. The largest absolute Gasteiger partial charge is 0.326 e. The molecule has 0 bridgehead atoms. The highest BCUT2D eigenvalue weighted by Gasteiger charge is 2.16. The van der Waals surface area contributed by atoms with Crippen LogP contribution in [0.3, 0.4) is 0 Å². The second kappa shape index (κ2) is 1.71. The Morgan fingerprint density at radius 1 is 1.67 bits per heavy atom. The molecule has 0 atom stereocenters. The topological polar surface area (TPSA) is 28.0 Å². The minimum absolute atomic E-state index is 1.07. The van der Waals surface area contributed by atoms with Crippen molar-refractivity contribution < 1.29 is 0 Å². The molecule has 2 rings (SSSR count). The van der Waals surface area contributed by atoms with Crippen LogP contribution in [0, 0.1) is 0 Å². The maximum absolute atomic E-state index is 3.92. The quantitative estimate of drug-likeness (QED) is 0.461. The van der Waals surface area contributed by atoms with Gasteiger partial charge in [-0.3, -0.25) is 0 Å². The predicted molar refractivity (Wildman–Crippen MR) is 35.4 cm³/mol. The van der Waals surface area contributed by atoms with Gasteiger partial charge in [0.2, 0.25) is 0 Å². The lowest BCUT2D eigenvalue weighted by Gasteiger charge is -2.10. The summed E-state index contributed by atoms with van der Waals surface area (Å²) in [6.45, 7) is 1.08. The zero-order valence-electron chi connectivity index (χ0n) is 5.04. The van der Waals surface area contributed by atoms with E-state index in [1.165, 1.54) is 6.42 Å². The van der Waals surface area contributed by atoms with E-state index in [9.17, 15) is 0 Å². The van der Waals surface area contributed by atoms with Crippen molar-refractivity contribution in [3.63, 3.8) is 0 Å². The second-order valence-corrected chi connectivity index (χ2v) is 2.17. The standard InChI is InChI=1S/C6H7N3/c1-2-6-8-7-3-5-9(6)4-1/h5H,1-2,4H2. The third-order valence-electron chi connectivity index (χ3n) is 1.57. The highest BCUT2D eigenvalue weighted by molar-refractivity contribution is 5.87. The molecular weight excluding hydrogens is 114 g/mol. The van der Waals surface area contributed by atoms with Gasteiger partial charge in [-0.15, -0.1) is 10.2 Å². The van der Waals surface area contributed by atoms with E-state index in [2.05, 4.69) is 21.0 Å². The van der Waals surface area contributed by atoms with Gasteiger partial charge in [0.25, 0.3) is 0 Å². The number of fused-ring (bicyclic) bond motifs is 1. The summed E-state index contributed by atoms with van der Waals surface area (Å²) in [5, 5.41) is 7.58. The van der Waals surface area contributed by atoms with Crippen LogP contribution < -0.4 is 0 Å². The third kappa shape index (κ3) is 0.661. The first-order valence-corrected chi connectivity index (χ1v) is 3.09. The number of rotatable bonds is 0. The molecule has 0 aromatic carbocycles. The van der Waals surface area contributed by atoms with E-state index in [-0.39, 0.29) is 0 Å². The molecule has 1 fully saturated rings. The van der Waals surface area contributed by atoms with Gasteiger partial charge in [-0.2, -0.15) is 0 Å². The molecule has 0 radical (unpaired) electrons. The fourth-order valence-electron chi connectivity index (χ4n) is 1.11. The molecule has 1 saturated heterocycles. The van der Waals surface area contributed by atoms with E-state index in [1.807, 2.05) is 6.20 Å². The van der Waals surface area contributed by atoms with Gasteiger partial charge < -0.3 is 4.90 Å². The zero-order valence-corrected chi connectivity index (χ0v) is 5.04. The van der Waals surface area contributed by atoms with Crippen LogP contribution in [-0.4, -0.2) is 23.2 Å². The Balaban J connectivity index is 2.35. The molecule has 0 aliphatic carbocycles. The smallest absolute Gasteiger partial charge is 0.132 e. The first-order valence-electron chi connectivity index (χ1n) is 3.09. The van der Waals surface area contributed by atoms with Gasteiger partial charge in [0.15, 0.2) is 0 Å². The van der Waals surface area contributed by atoms with E-state index < -0.39 is 0 Å². The highest BCUT2D eigenvalue weighted by Crippen LogP contribution is 2.12. The Hall–Kier alpha value is -1.08. The Morgan fingerprint density at radius 2 is 2.67 bits per heavy atom. The van der Waals surface area contributed by atoms with Gasteiger partial charge in [-0.1, -0.05) is 0 Å². The van der Waals surface area contributed by atoms with Crippen molar-refractivity contribution in [2.45, 2.75) is 12.8 Å². The van der Waals surface area contributed by atoms with E-state index in [0.717, 1.165) is 18.8 Å². The van der Waals surface area contributed by atoms with Crippen molar-refractivity contribution in [3.8, 4) is 0 Å². The summed E-state index contributed by atoms with van der Waals surface area (Å²) in [5.41, 5.74) is 0. The molecule has 0 aromatic heterocycles. The lowest BCUT2D eigenvalue weighted by atomic mass is 10.4. The first kappa shape index (κ1) is 4.77. The van der Waals surface area contributed by atoms with Crippen molar-refractivity contribution in [2.24, 2.45) is 10.2 Å². The Kier molecular flexibility index (Phi) is 0.904. The second-order valence-electron chi connectivity index (χ2n) is 2.17. The van der Waals surface area contributed by atoms with Crippen molar-refractivity contribution >= 4 is 11.7 Å². The minimum Gasteiger partial charge on any atom is -0.326 e. The normalized spacial score (nSPS) is 22.2.